The highest BCUT2D eigenvalue weighted by Gasteiger charge is 2.14. The quantitative estimate of drug-likeness (QED) is 0.725. The van der Waals surface area contributed by atoms with Gasteiger partial charge >= 0.3 is 0 Å². The van der Waals surface area contributed by atoms with Crippen LogP contribution in [0.15, 0.2) is 28.6 Å². The first-order valence-corrected chi connectivity index (χ1v) is 9.15. The van der Waals surface area contributed by atoms with Crippen molar-refractivity contribution >= 4 is 49.4 Å². The smallest absolute Gasteiger partial charge is 0.232 e. The van der Waals surface area contributed by atoms with Gasteiger partial charge in [0.2, 0.25) is 16.0 Å². The predicted molar refractivity (Wildman–Crippen MR) is 88.0 cm³/mol. The molecule has 3 rings (SSSR count). The number of imidazole rings is 1. The molecule has 120 valence electrons. The first-order chi connectivity index (χ1) is 10.8. The van der Waals surface area contributed by atoms with E-state index in [2.05, 4.69) is 29.3 Å². The van der Waals surface area contributed by atoms with E-state index in [1.54, 1.807) is 26.2 Å². The lowest BCUT2D eigenvalue weighted by Crippen LogP contribution is -2.13. The number of fused-ring (bicyclic) bond motifs is 1. The van der Waals surface area contributed by atoms with Gasteiger partial charge in [0.15, 0.2) is 16.5 Å². The molecule has 0 fully saturated rings. The largest absolute Gasteiger partial charge is 0.296 e. The van der Waals surface area contributed by atoms with Gasteiger partial charge in [-0.3, -0.25) is 9.29 Å². The van der Waals surface area contributed by atoms with Crippen LogP contribution < -0.4 is 4.72 Å². The topological polar surface area (TPSA) is 114 Å². The standard InChI is InChI=1S/C12H13N7O2S2/c1-7-10(19(2)12(14-7)18-23(3,20)21)15-16-11-8-5-4-6-13-9(8)17-22-11/h4-6H,1-3H3,(H,14,18)/b16-15+. The molecule has 3 aromatic rings. The second kappa shape index (κ2) is 5.66. The molecule has 0 atom stereocenters. The van der Waals surface area contributed by atoms with E-state index in [1.165, 1.54) is 16.1 Å². The number of pyridine rings is 1. The monoisotopic (exact) mass is 351 g/mol. The summed E-state index contributed by atoms with van der Waals surface area (Å²) >= 11 is 1.20. The lowest BCUT2D eigenvalue weighted by molar-refractivity contribution is 0.606. The first-order valence-electron chi connectivity index (χ1n) is 6.48. The summed E-state index contributed by atoms with van der Waals surface area (Å²) in [7, 11) is -1.75. The third-order valence-corrected chi connectivity index (χ3v) is 4.27. The van der Waals surface area contributed by atoms with Crippen molar-refractivity contribution < 1.29 is 8.42 Å². The number of rotatable bonds is 4. The Labute approximate surface area is 136 Å². The van der Waals surface area contributed by atoms with E-state index >= 15 is 0 Å². The van der Waals surface area contributed by atoms with Crippen LogP contribution in [-0.2, 0) is 17.1 Å². The van der Waals surface area contributed by atoms with Crippen molar-refractivity contribution in [2.45, 2.75) is 6.92 Å². The Hall–Kier alpha value is -2.40. The van der Waals surface area contributed by atoms with Crippen molar-refractivity contribution in [2.24, 2.45) is 17.3 Å². The molecular formula is C12H13N7O2S2. The Balaban J connectivity index is 1.97. The zero-order valence-corrected chi connectivity index (χ0v) is 14.2. The molecule has 0 aliphatic rings. The fourth-order valence-corrected chi connectivity index (χ4v) is 3.13. The summed E-state index contributed by atoms with van der Waals surface area (Å²) in [6.45, 7) is 1.73. The maximum Gasteiger partial charge on any atom is 0.232 e. The third-order valence-electron chi connectivity index (χ3n) is 2.98. The normalized spacial score (nSPS) is 12.3. The SMILES string of the molecule is Cc1nc(NS(C)(=O)=O)n(C)c1/N=N/c1snc2ncccc12. The Kier molecular flexibility index (Phi) is 3.82. The van der Waals surface area contributed by atoms with Gasteiger partial charge in [0.1, 0.15) is 0 Å². The van der Waals surface area contributed by atoms with E-state index in [0.29, 0.717) is 22.2 Å². The maximum atomic E-state index is 11.3. The van der Waals surface area contributed by atoms with E-state index in [-0.39, 0.29) is 5.95 Å². The van der Waals surface area contributed by atoms with Crippen molar-refractivity contribution in [1.82, 2.24) is 18.9 Å². The summed E-state index contributed by atoms with van der Waals surface area (Å²) < 4.78 is 30.7. The highest BCUT2D eigenvalue weighted by Crippen LogP contribution is 2.31. The van der Waals surface area contributed by atoms with Crippen LogP contribution in [0.5, 0.6) is 0 Å². The second-order valence-electron chi connectivity index (χ2n) is 4.84. The van der Waals surface area contributed by atoms with Gasteiger partial charge in [-0.25, -0.2) is 18.4 Å². The van der Waals surface area contributed by atoms with Crippen LogP contribution in [0, 0.1) is 6.92 Å². The number of nitrogens with zero attached hydrogens (tertiary/aromatic N) is 6. The number of sulfonamides is 1. The molecule has 3 aromatic heterocycles. The van der Waals surface area contributed by atoms with Gasteiger partial charge in [0, 0.05) is 13.2 Å². The number of aromatic nitrogens is 4. The Morgan fingerprint density at radius 2 is 2.13 bits per heavy atom. The molecule has 0 aliphatic heterocycles. The van der Waals surface area contributed by atoms with Crippen molar-refractivity contribution in [1.29, 1.82) is 0 Å². The highest BCUT2D eigenvalue weighted by atomic mass is 32.2. The fraction of sp³-hybridized carbons (Fsp3) is 0.250. The molecule has 1 N–H and O–H groups in total. The molecule has 0 saturated heterocycles. The zero-order chi connectivity index (χ0) is 16.6. The van der Waals surface area contributed by atoms with Crippen LogP contribution in [0.2, 0.25) is 0 Å². The van der Waals surface area contributed by atoms with Gasteiger partial charge in [-0.2, -0.15) is 4.37 Å². The molecule has 0 aliphatic carbocycles. The summed E-state index contributed by atoms with van der Waals surface area (Å²) in [5.74, 6) is 0.649. The Bertz CT molecular complexity index is 1000. The van der Waals surface area contributed by atoms with E-state index in [4.69, 9.17) is 0 Å². The molecule has 0 amide bonds. The Morgan fingerprint density at radius 3 is 2.87 bits per heavy atom. The molecule has 0 aromatic carbocycles. The lowest BCUT2D eigenvalue weighted by atomic mass is 10.3. The lowest BCUT2D eigenvalue weighted by Gasteiger charge is -2.03. The minimum Gasteiger partial charge on any atom is -0.296 e. The minimum atomic E-state index is -3.41. The predicted octanol–water partition coefficient (Wildman–Crippen LogP) is 2.52. The van der Waals surface area contributed by atoms with E-state index < -0.39 is 10.0 Å². The fourth-order valence-electron chi connectivity index (χ4n) is 1.96. The van der Waals surface area contributed by atoms with Crippen molar-refractivity contribution in [3.63, 3.8) is 0 Å². The Morgan fingerprint density at radius 1 is 1.35 bits per heavy atom. The number of nitrogens with one attached hydrogen (secondary N) is 1. The van der Waals surface area contributed by atoms with Crippen molar-refractivity contribution in [3.8, 4) is 0 Å². The molecule has 23 heavy (non-hydrogen) atoms. The number of hydrogen-bond acceptors (Lipinski definition) is 8. The summed E-state index contributed by atoms with van der Waals surface area (Å²) in [5.41, 5.74) is 1.18. The zero-order valence-electron chi connectivity index (χ0n) is 12.5. The van der Waals surface area contributed by atoms with E-state index in [1.807, 2.05) is 6.07 Å². The molecule has 0 bridgehead atoms. The third kappa shape index (κ3) is 3.19. The van der Waals surface area contributed by atoms with E-state index in [9.17, 15) is 8.42 Å². The number of anilines is 1. The number of hydrogen-bond donors (Lipinski definition) is 1. The average molecular weight is 351 g/mol. The summed E-state index contributed by atoms with van der Waals surface area (Å²) in [5, 5.41) is 9.83. The van der Waals surface area contributed by atoms with Crippen LogP contribution in [-0.4, -0.2) is 33.6 Å². The van der Waals surface area contributed by atoms with Crippen molar-refractivity contribution in [3.05, 3.63) is 24.0 Å². The summed E-state index contributed by atoms with van der Waals surface area (Å²) in [6.07, 6.45) is 2.73. The average Bonchev–Trinajstić information content (AvgIpc) is 2.98. The molecule has 0 radical (unpaired) electrons. The molecule has 9 nitrogen and oxygen atoms in total. The molecule has 0 spiro atoms. The first kappa shape index (κ1) is 15.5. The van der Waals surface area contributed by atoms with Gasteiger partial charge in [-0.15, -0.1) is 10.2 Å². The van der Waals surface area contributed by atoms with Crippen LogP contribution in [0.1, 0.15) is 5.69 Å². The van der Waals surface area contributed by atoms with E-state index in [0.717, 1.165) is 11.6 Å². The maximum absolute atomic E-state index is 11.3. The van der Waals surface area contributed by atoms with Gasteiger partial charge in [0.25, 0.3) is 0 Å². The molecular weight excluding hydrogens is 338 g/mol. The van der Waals surface area contributed by atoms with Crippen LogP contribution >= 0.6 is 11.5 Å². The van der Waals surface area contributed by atoms with Gasteiger partial charge in [-0.05, 0) is 30.6 Å². The van der Waals surface area contributed by atoms with Crippen LogP contribution in [0.3, 0.4) is 0 Å². The highest BCUT2D eigenvalue weighted by molar-refractivity contribution is 7.92. The summed E-state index contributed by atoms with van der Waals surface area (Å²) in [6, 6.07) is 3.67. The van der Waals surface area contributed by atoms with Crippen LogP contribution in [0.25, 0.3) is 11.0 Å². The minimum absolute atomic E-state index is 0.190. The molecule has 11 heteroatoms. The van der Waals surface area contributed by atoms with Gasteiger partial charge < -0.3 is 0 Å². The van der Waals surface area contributed by atoms with Gasteiger partial charge in [-0.1, -0.05) is 0 Å². The van der Waals surface area contributed by atoms with Crippen LogP contribution in [0.4, 0.5) is 16.8 Å². The molecule has 0 saturated carbocycles. The number of azo groups is 1. The molecule has 0 unspecified atom stereocenters. The molecule has 3 heterocycles. The summed E-state index contributed by atoms with van der Waals surface area (Å²) in [4.78, 5) is 8.29. The number of aryl methyl sites for hydroxylation is 1. The van der Waals surface area contributed by atoms with Gasteiger partial charge in [0.05, 0.1) is 17.3 Å². The second-order valence-corrected chi connectivity index (χ2v) is 7.34. The van der Waals surface area contributed by atoms with Crippen molar-refractivity contribution in [2.75, 3.05) is 11.0 Å².